The maximum atomic E-state index is 13.8. The third kappa shape index (κ3) is 2.61. The minimum atomic E-state index is -0.704. The molecule has 0 saturated heterocycles. The summed E-state index contributed by atoms with van der Waals surface area (Å²) in [5, 5.41) is -0.0624. The summed E-state index contributed by atoms with van der Waals surface area (Å²) in [6.07, 6.45) is 5.23. The molecule has 17 heavy (non-hydrogen) atoms. The topological polar surface area (TPSA) is 26.0 Å². The van der Waals surface area contributed by atoms with Crippen molar-refractivity contribution in [2.75, 3.05) is 0 Å². The Morgan fingerprint density at radius 3 is 2.47 bits per heavy atom. The fraction of sp³-hybridized carbons (Fsp3) is 0.538. The van der Waals surface area contributed by atoms with Crippen LogP contribution in [-0.4, -0.2) is 0 Å². The lowest BCUT2D eigenvalue weighted by Gasteiger charge is -2.28. The van der Waals surface area contributed by atoms with Crippen LogP contribution in [0.2, 0.25) is 5.02 Å². The van der Waals surface area contributed by atoms with E-state index < -0.39 is 17.7 Å². The first-order valence-corrected chi connectivity index (χ1v) is 6.38. The van der Waals surface area contributed by atoms with E-state index >= 15 is 0 Å². The van der Waals surface area contributed by atoms with Gasteiger partial charge in [-0.1, -0.05) is 30.9 Å². The largest absolute Gasteiger partial charge is 0.324 e. The van der Waals surface area contributed by atoms with E-state index in [0.717, 1.165) is 25.7 Å². The normalized spacial score (nSPS) is 19.3. The first-order chi connectivity index (χ1) is 8.11. The molecule has 4 heteroatoms. The van der Waals surface area contributed by atoms with E-state index in [1.165, 1.54) is 18.6 Å². The Morgan fingerprint density at radius 2 is 1.82 bits per heavy atom. The highest BCUT2D eigenvalue weighted by Crippen LogP contribution is 2.36. The zero-order valence-corrected chi connectivity index (χ0v) is 10.3. The summed E-state index contributed by atoms with van der Waals surface area (Å²) in [5.74, 6) is -1.14. The van der Waals surface area contributed by atoms with Crippen LogP contribution in [0.3, 0.4) is 0 Å². The van der Waals surface area contributed by atoms with Crippen molar-refractivity contribution < 1.29 is 8.78 Å². The first kappa shape index (κ1) is 12.8. The van der Waals surface area contributed by atoms with Gasteiger partial charge in [-0.3, -0.25) is 0 Å². The summed E-state index contributed by atoms with van der Waals surface area (Å²) in [6, 6.07) is 1.82. The highest BCUT2D eigenvalue weighted by molar-refractivity contribution is 6.30. The summed E-state index contributed by atoms with van der Waals surface area (Å²) >= 11 is 5.67. The summed E-state index contributed by atoms with van der Waals surface area (Å²) in [4.78, 5) is 0. The molecule has 1 saturated carbocycles. The fourth-order valence-electron chi connectivity index (χ4n) is 2.58. The third-order valence-electron chi connectivity index (χ3n) is 3.57. The molecule has 1 aliphatic rings. The van der Waals surface area contributed by atoms with Gasteiger partial charge in [0.05, 0.1) is 5.02 Å². The van der Waals surface area contributed by atoms with Crippen LogP contribution in [0.4, 0.5) is 8.78 Å². The monoisotopic (exact) mass is 259 g/mol. The molecule has 1 aromatic carbocycles. The maximum Gasteiger partial charge on any atom is 0.149 e. The molecule has 0 aromatic heterocycles. The van der Waals surface area contributed by atoms with Gasteiger partial charge in [0.2, 0.25) is 0 Å². The fourth-order valence-corrected chi connectivity index (χ4v) is 2.74. The highest BCUT2D eigenvalue weighted by atomic mass is 35.5. The zero-order valence-electron chi connectivity index (χ0n) is 9.56. The Hall–Kier alpha value is -0.670. The highest BCUT2D eigenvalue weighted by Gasteiger charge is 2.27. The Kier molecular flexibility index (Phi) is 4.00. The van der Waals surface area contributed by atoms with Crippen molar-refractivity contribution in [2.45, 2.75) is 38.1 Å². The van der Waals surface area contributed by atoms with Gasteiger partial charge in [-0.15, -0.1) is 0 Å². The second-order valence-corrected chi connectivity index (χ2v) is 5.09. The summed E-state index contributed by atoms with van der Waals surface area (Å²) in [5.41, 5.74) is 5.95. The predicted molar refractivity (Wildman–Crippen MR) is 64.9 cm³/mol. The van der Waals surface area contributed by atoms with E-state index in [1.54, 1.807) is 0 Å². The molecule has 2 N–H and O–H groups in total. The zero-order chi connectivity index (χ0) is 12.4. The molecule has 0 bridgehead atoms. The molecule has 0 radical (unpaired) electrons. The standard InChI is InChI=1S/C13H16ClF2N/c14-9-6-7-10(15)11(12(9)16)13(17)8-4-2-1-3-5-8/h6-8,13H,1-5,17H2/t13-/m0/s1. The van der Waals surface area contributed by atoms with Crippen LogP contribution in [0.1, 0.15) is 43.7 Å². The van der Waals surface area contributed by atoms with Crippen LogP contribution in [0, 0.1) is 17.6 Å². The smallest absolute Gasteiger partial charge is 0.149 e. The van der Waals surface area contributed by atoms with Gasteiger partial charge >= 0.3 is 0 Å². The van der Waals surface area contributed by atoms with Crippen molar-refractivity contribution in [3.8, 4) is 0 Å². The lowest BCUT2D eigenvalue weighted by Crippen LogP contribution is -2.25. The quantitative estimate of drug-likeness (QED) is 0.792. The van der Waals surface area contributed by atoms with Gasteiger partial charge < -0.3 is 5.73 Å². The molecular formula is C13H16ClF2N. The molecular weight excluding hydrogens is 244 g/mol. The van der Waals surface area contributed by atoms with Crippen molar-refractivity contribution >= 4 is 11.6 Å². The average Bonchev–Trinajstić information content (AvgIpc) is 2.35. The van der Waals surface area contributed by atoms with Crippen LogP contribution in [0.5, 0.6) is 0 Å². The molecule has 1 aromatic rings. The van der Waals surface area contributed by atoms with Gasteiger partial charge in [0, 0.05) is 11.6 Å². The lowest BCUT2D eigenvalue weighted by atomic mass is 9.81. The predicted octanol–water partition coefficient (Wildman–Crippen LogP) is 4.20. The molecule has 0 unspecified atom stereocenters. The Labute approximate surface area is 105 Å². The van der Waals surface area contributed by atoms with Crippen molar-refractivity contribution in [1.29, 1.82) is 0 Å². The second-order valence-electron chi connectivity index (χ2n) is 4.68. The molecule has 0 spiro atoms. The van der Waals surface area contributed by atoms with E-state index in [0.29, 0.717) is 0 Å². The molecule has 1 atom stereocenters. The molecule has 0 heterocycles. The number of rotatable bonds is 2. The Bertz CT molecular complexity index is 403. The van der Waals surface area contributed by atoms with Gasteiger partial charge in [0.25, 0.3) is 0 Å². The molecule has 94 valence electrons. The summed E-state index contributed by atoms with van der Waals surface area (Å²) in [7, 11) is 0. The lowest BCUT2D eigenvalue weighted by molar-refractivity contribution is 0.298. The summed E-state index contributed by atoms with van der Waals surface area (Å²) in [6.45, 7) is 0. The SMILES string of the molecule is N[C@H](c1c(F)ccc(Cl)c1F)C1CCCCC1. The average molecular weight is 260 g/mol. The molecule has 1 fully saturated rings. The van der Waals surface area contributed by atoms with Crippen LogP contribution in [0.25, 0.3) is 0 Å². The van der Waals surface area contributed by atoms with Crippen molar-refractivity contribution in [3.63, 3.8) is 0 Å². The molecule has 1 nitrogen and oxygen atoms in total. The number of benzene rings is 1. The van der Waals surface area contributed by atoms with Gasteiger partial charge in [-0.05, 0) is 30.9 Å². The Balaban J connectivity index is 2.29. The van der Waals surface area contributed by atoms with Gasteiger partial charge in [-0.2, -0.15) is 0 Å². The Morgan fingerprint density at radius 1 is 1.18 bits per heavy atom. The number of hydrogen-bond acceptors (Lipinski definition) is 1. The molecule has 0 aliphatic heterocycles. The number of hydrogen-bond donors (Lipinski definition) is 1. The van der Waals surface area contributed by atoms with Crippen LogP contribution in [-0.2, 0) is 0 Å². The van der Waals surface area contributed by atoms with E-state index in [4.69, 9.17) is 17.3 Å². The minimum absolute atomic E-state index is 0.0515. The van der Waals surface area contributed by atoms with Crippen molar-refractivity contribution in [3.05, 3.63) is 34.4 Å². The van der Waals surface area contributed by atoms with Gasteiger partial charge in [0.15, 0.2) is 0 Å². The van der Waals surface area contributed by atoms with E-state index in [1.807, 2.05) is 0 Å². The second kappa shape index (κ2) is 5.32. The maximum absolute atomic E-state index is 13.8. The van der Waals surface area contributed by atoms with Gasteiger partial charge in [0.1, 0.15) is 11.6 Å². The van der Waals surface area contributed by atoms with Gasteiger partial charge in [-0.25, -0.2) is 8.78 Å². The number of halogens is 3. The minimum Gasteiger partial charge on any atom is -0.324 e. The molecule has 1 aliphatic carbocycles. The third-order valence-corrected chi connectivity index (χ3v) is 3.86. The molecule has 2 rings (SSSR count). The van der Waals surface area contributed by atoms with Crippen LogP contribution < -0.4 is 5.73 Å². The van der Waals surface area contributed by atoms with Crippen LogP contribution >= 0.6 is 11.6 Å². The molecule has 0 amide bonds. The van der Waals surface area contributed by atoms with Crippen molar-refractivity contribution in [1.82, 2.24) is 0 Å². The van der Waals surface area contributed by atoms with Crippen molar-refractivity contribution in [2.24, 2.45) is 11.7 Å². The summed E-state index contributed by atoms with van der Waals surface area (Å²) < 4.78 is 27.5. The van der Waals surface area contributed by atoms with E-state index in [2.05, 4.69) is 0 Å². The first-order valence-electron chi connectivity index (χ1n) is 6.00. The van der Waals surface area contributed by atoms with E-state index in [-0.39, 0.29) is 16.5 Å². The van der Waals surface area contributed by atoms with Crippen LogP contribution in [0.15, 0.2) is 12.1 Å². The van der Waals surface area contributed by atoms with E-state index in [9.17, 15) is 8.78 Å². The number of nitrogens with two attached hydrogens (primary N) is 1.